The van der Waals surface area contributed by atoms with Gasteiger partial charge in [-0.25, -0.2) is 0 Å². The Hall–Kier alpha value is -0.610. The number of morpholine rings is 1. The summed E-state index contributed by atoms with van der Waals surface area (Å²) in [6.45, 7) is 3.92. The zero-order chi connectivity index (χ0) is 8.10. The molecule has 1 aliphatic rings. The van der Waals surface area contributed by atoms with Crippen molar-refractivity contribution < 1.29 is 14.3 Å². The molecule has 0 aromatic rings. The average Bonchev–Trinajstić information content (AvgIpc) is 2.04. The van der Waals surface area contributed by atoms with Crippen molar-refractivity contribution in [3.05, 3.63) is 0 Å². The highest BCUT2D eigenvalue weighted by Gasteiger charge is 2.17. The lowest BCUT2D eigenvalue weighted by Crippen LogP contribution is -2.44. The Balaban J connectivity index is 2.12. The molecule has 1 N–H and O–H groups in total. The van der Waals surface area contributed by atoms with E-state index < -0.39 is 0 Å². The van der Waals surface area contributed by atoms with Crippen LogP contribution in [0.25, 0.3) is 0 Å². The van der Waals surface area contributed by atoms with Crippen LogP contribution in [0.5, 0.6) is 0 Å². The van der Waals surface area contributed by atoms with E-state index in [1.165, 1.54) is 0 Å². The van der Waals surface area contributed by atoms with Gasteiger partial charge in [0.2, 0.25) is 5.91 Å². The molecule has 1 rings (SSSR count). The van der Waals surface area contributed by atoms with Crippen molar-refractivity contribution in [2.45, 2.75) is 13.0 Å². The lowest BCUT2D eigenvalue weighted by Gasteiger charge is -2.22. The van der Waals surface area contributed by atoms with Gasteiger partial charge in [-0.1, -0.05) is 0 Å². The molecule has 11 heavy (non-hydrogen) atoms. The van der Waals surface area contributed by atoms with Crippen LogP contribution in [0.3, 0.4) is 0 Å². The zero-order valence-corrected chi connectivity index (χ0v) is 6.63. The largest absolute Gasteiger partial charge is 0.379 e. The standard InChI is InChI=1S/C7H13NO3/c1-2-10-4-6-3-8-7(9)5-11-6/h6H,2-5H2,1H3,(H,8,9). The second-order valence-corrected chi connectivity index (χ2v) is 2.40. The Morgan fingerprint density at radius 2 is 2.64 bits per heavy atom. The van der Waals surface area contributed by atoms with Crippen LogP contribution in [0.1, 0.15) is 6.92 Å². The molecule has 1 atom stereocenters. The van der Waals surface area contributed by atoms with Crippen LogP contribution in [0.15, 0.2) is 0 Å². The van der Waals surface area contributed by atoms with Crippen molar-refractivity contribution in [2.24, 2.45) is 0 Å². The molecule has 4 nitrogen and oxygen atoms in total. The zero-order valence-electron chi connectivity index (χ0n) is 6.63. The number of carbonyl (C=O) groups excluding carboxylic acids is 1. The van der Waals surface area contributed by atoms with Gasteiger partial charge < -0.3 is 14.8 Å². The van der Waals surface area contributed by atoms with Crippen molar-refractivity contribution in [1.82, 2.24) is 5.32 Å². The first kappa shape index (κ1) is 8.49. The summed E-state index contributed by atoms with van der Waals surface area (Å²) in [6.07, 6.45) is 0.0349. The summed E-state index contributed by atoms with van der Waals surface area (Å²) in [5, 5.41) is 2.70. The summed E-state index contributed by atoms with van der Waals surface area (Å²) in [4.78, 5) is 10.6. The number of hydrogen-bond acceptors (Lipinski definition) is 3. The van der Waals surface area contributed by atoms with Gasteiger partial charge in [-0.3, -0.25) is 4.79 Å². The van der Waals surface area contributed by atoms with Gasteiger partial charge in [0.05, 0.1) is 12.7 Å². The van der Waals surface area contributed by atoms with Gasteiger partial charge >= 0.3 is 0 Å². The Kier molecular flexibility index (Phi) is 3.32. The maximum Gasteiger partial charge on any atom is 0.246 e. The third-order valence-electron chi connectivity index (χ3n) is 1.48. The number of nitrogens with one attached hydrogen (secondary N) is 1. The minimum atomic E-state index is -0.0438. The van der Waals surface area contributed by atoms with Crippen LogP contribution < -0.4 is 5.32 Å². The summed E-state index contributed by atoms with van der Waals surface area (Å²) in [5.74, 6) is -0.0438. The van der Waals surface area contributed by atoms with Crippen molar-refractivity contribution >= 4 is 5.91 Å². The lowest BCUT2D eigenvalue weighted by molar-refractivity contribution is -0.135. The monoisotopic (exact) mass is 159 g/mol. The summed E-state index contributed by atoms with van der Waals surface area (Å²) in [5.41, 5.74) is 0. The van der Waals surface area contributed by atoms with E-state index in [4.69, 9.17) is 9.47 Å². The second kappa shape index (κ2) is 4.31. The highest BCUT2D eigenvalue weighted by atomic mass is 16.5. The third-order valence-corrected chi connectivity index (χ3v) is 1.48. The molecule has 1 heterocycles. The molecule has 0 aromatic heterocycles. The minimum absolute atomic E-state index is 0.0349. The smallest absolute Gasteiger partial charge is 0.246 e. The SMILES string of the molecule is CCOCC1CNC(=O)CO1. The first-order chi connectivity index (χ1) is 5.33. The van der Waals surface area contributed by atoms with Gasteiger partial charge in [-0.15, -0.1) is 0 Å². The molecular weight excluding hydrogens is 146 g/mol. The topological polar surface area (TPSA) is 47.6 Å². The molecule has 1 amide bonds. The predicted octanol–water partition coefficient (Wildman–Crippen LogP) is -0.462. The number of ether oxygens (including phenoxy) is 2. The minimum Gasteiger partial charge on any atom is -0.379 e. The van der Waals surface area contributed by atoms with Crippen molar-refractivity contribution in [3.63, 3.8) is 0 Å². The molecule has 0 bridgehead atoms. The molecule has 0 radical (unpaired) electrons. The molecule has 0 saturated carbocycles. The summed E-state index contributed by atoms with van der Waals surface area (Å²) < 4.78 is 10.3. The fourth-order valence-electron chi connectivity index (χ4n) is 0.888. The van der Waals surface area contributed by atoms with Crippen LogP contribution in [0.4, 0.5) is 0 Å². The molecular formula is C7H13NO3. The Labute approximate surface area is 65.9 Å². The average molecular weight is 159 g/mol. The summed E-state index contributed by atoms with van der Waals surface area (Å²) in [6, 6.07) is 0. The quantitative estimate of drug-likeness (QED) is 0.606. The Morgan fingerprint density at radius 1 is 1.82 bits per heavy atom. The van der Waals surface area contributed by atoms with Crippen LogP contribution in [-0.2, 0) is 14.3 Å². The molecule has 1 fully saturated rings. The fraction of sp³-hybridized carbons (Fsp3) is 0.857. The normalized spacial score (nSPS) is 24.8. The Morgan fingerprint density at radius 3 is 3.18 bits per heavy atom. The van der Waals surface area contributed by atoms with Crippen LogP contribution in [-0.4, -0.2) is 38.4 Å². The van der Waals surface area contributed by atoms with E-state index in [0.29, 0.717) is 19.8 Å². The molecule has 64 valence electrons. The van der Waals surface area contributed by atoms with Gasteiger partial charge in [-0.2, -0.15) is 0 Å². The molecule has 0 aromatic carbocycles. The predicted molar refractivity (Wildman–Crippen MR) is 39.2 cm³/mol. The third kappa shape index (κ3) is 2.86. The highest BCUT2D eigenvalue weighted by molar-refractivity contribution is 5.77. The van der Waals surface area contributed by atoms with Crippen LogP contribution in [0.2, 0.25) is 0 Å². The van der Waals surface area contributed by atoms with E-state index in [2.05, 4.69) is 5.32 Å². The lowest BCUT2D eigenvalue weighted by atomic mass is 10.3. The van der Waals surface area contributed by atoms with Gasteiger partial charge in [0.15, 0.2) is 0 Å². The van der Waals surface area contributed by atoms with E-state index in [-0.39, 0.29) is 18.6 Å². The maximum atomic E-state index is 10.6. The molecule has 4 heteroatoms. The van der Waals surface area contributed by atoms with Crippen molar-refractivity contribution in [2.75, 3.05) is 26.4 Å². The van der Waals surface area contributed by atoms with Gasteiger partial charge in [0.1, 0.15) is 6.61 Å². The van der Waals surface area contributed by atoms with E-state index in [1.54, 1.807) is 0 Å². The van der Waals surface area contributed by atoms with Crippen LogP contribution >= 0.6 is 0 Å². The number of hydrogen-bond donors (Lipinski definition) is 1. The number of carbonyl (C=O) groups is 1. The molecule has 1 saturated heterocycles. The molecule has 1 aliphatic heterocycles. The number of rotatable bonds is 3. The van der Waals surface area contributed by atoms with Crippen molar-refractivity contribution in [1.29, 1.82) is 0 Å². The van der Waals surface area contributed by atoms with Crippen molar-refractivity contribution in [3.8, 4) is 0 Å². The second-order valence-electron chi connectivity index (χ2n) is 2.40. The van der Waals surface area contributed by atoms with E-state index in [1.807, 2.05) is 6.92 Å². The van der Waals surface area contributed by atoms with E-state index in [0.717, 1.165) is 0 Å². The molecule has 0 aliphatic carbocycles. The molecule has 0 spiro atoms. The fourth-order valence-corrected chi connectivity index (χ4v) is 0.888. The summed E-state index contributed by atoms with van der Waals surface area (Å²) >= 11 is 0. The van der Waals surface area contributed by atoms with Crippen LogP contribution in [0, 0.1) is 0 Å². The first-order valence-corrected chi connectivity index (χ1v) is 3.79. The van der Waals surface area contributed by atoms with E-state index >= 15 is 0 Å². The number of amides is 1. The van der Waals surface area contributed by atoms with Gasteiger partial charge in [0, 0.05) is 13.2 Å². The molecule has 1 unspecified atom stereocenters. The van der Waals surface area contributed by atoms with E-state index in [9.17, 15) is 4.79 Å². The Bertz CT molecular complexity index is 128. The highest BCUT2D eigenvalue weighted by Crippen LogP contribution is 1.96. The maximum absolute atomic E-state index is 10.6. The van der Waals surface area contributed by atoms with Gasteiger partial charge in [-0.05, 0) is 6.92 Å². The summed E-state index contributed by atoms with van der Waals surface area (Å²) in [7, 11) is 0. The van der Waals surface area contributed by atoms with Gasteiger partial charge in [0.25, 0.3) is 0 Å². The first-order valence-electron chi connectivity index (χ1n) is 3.79.